The molecule has 0 bridgehead atoms. The van der Waals surface area contributed by atoms with Gasteiger partial charge in [-0.05, 0) is 55.3 Å². The monoisotopic (exact) mass is 328 g/mol. The van der Waals surface area contributed by atoms with Crippen molar-refractivity contribution < 1.29 is 12.8 Å². The number of halogens is 2. The molecule has 0 spiro atoms. The third kappa shape index (κ3) is 3.28. The van der Waals surface area contributed by atoms with E-state index in [1.54, 1.807) is 13.8 Å². The molecule has 21 heavy (non-hydrogen) atoms. The van der Waals surface area contributed by atoms with E-state index in [0.717, 1.165) is 0 Å². The topological polar surface area (TPSA) is 72.2 Å². The minimum absolute atomic E-state index is 0.00359. The van der Waals surface area contributed by atoms with Crippen LogP contribution in [0, 0.1) is 19.7 Å². The van der Waals surface area contributed by atoms with Gasteiger partial charge in [0.15, 0.2) is 0 Å². The number of anilines is 2. The Balaban J connectivity index is 2.40. The first kappa shape index (κ1) is 15.6. The molecule has 0 saturated heterocycles. The van der Waals surface area contributed by atoms with E-state index in [0.29, 0.717) is 16.1 Å². The molecule has 0 saturated carbocycles. The van der Waals surface area contributed by atoms with Crippen molar-refractivity contribution in [3.63, 3.8) is 0 Å². The van der Waals surface area contributed by atoms with Crippen molar-refractivity contribution >= 4 is 33.0 Å². The number of nitrogens with one attached hydrogen (secondary N) is 1. The Bertz CT molecular complexity index is 784. The minimum atomic E-state index is -3.82. The molecule has 4 nitrogen and oxygen atoms in total. The lowest BCUT2D eigenvalue weighted by atomic mass is 10.2. The average Bonchev–Trinajstić information content (AvgIpc) is 2.39. The Morgan fingerprint density at radius 1 is 1.14 bits per heavy atom. The predicted octanol–water partition coefficient (Wildman–Crippen LogP) is 3.48. The quantitative estimate of drug-likeness (QED) is 0.847. The fourth-order valence-electron chi connectivity index (χ4n) is 1.84. The Morgan fingerprint density at radius 2 is 1.81 bits per heavy atom. The summed E-state index contributed by atoms with van der Waals surface area (Å²) in [6, 6.07) is 6.69. The van der Waals surface area contributed by atoms with Crippen LogP contribution in [0.1, 0.15) is 11.1 Å². The minimum Gasteiger partial charge on any atom is -0.397 e. The van der Waals surface area contributed by atoms with Gasteiger partial charge in [0.05, 0.1) is 15.6 Å². The van der Waals surface area contributed by atoms with Gasteiger partial charge in [-0.15, -0.1) is 0 Å². The Hall–Kier alpha value is -1.79. The first-order chi connectivity index (χ1) is 9.70. The summed E-state index contributed by atoms with van der Waals surface area (Å²) in [7, 11) is -3.82. The number of rotatable bonds is 3. The first-order valence-corrected chi connectivity index (χ1v) is 7.91. The molecular formula is C14H14ClFN2O2S. The van der Waals surface area contributed by atoms with Gasteiger partial charge in [0.25, 0.3) is 10.0 Å². The van der Waals surface area contributed by atoms with Gasteiger partial charge >= 0.3 is 0 Å². The van der Waals surface area contributed by atoms with E-state index in [1.807, 2.05) is 0 Å². The summed E-state index contributed by atoms with van der Waals surface area (Å²) in [6.45, 7) is 3.22. The van der Waals surface area contributed by atoms with E-state index >= 15 is 0 Å². The molecular weight excluding hydrogens is 315 g/mol. The van der Waals surface area contributed by atoms with Crippen molar-refractivity contribution in [3.8, 4) is 0 Å². The molecule has 0 aliphatic heterocycles. The van der Waals surface area contributed by atoms with E-state index in [-0.39, 0.29) is 16.3 Å². The summed E-state index contributed by atoms with van der Waals surface area (Å²) < 4.78 is 40.2. The molecule has 0 fully saturated rings. The summed E-state index contributed by atoms with van der Waals surface area (Å²) in [5.41, 5.74) is 7.06. The summed E-state index contributed by atoms with van der Waals surface area (Å²) >= 11 is 5.92. The highest BCUT2D eigenvalue weighted by Gasteiger charge is 2.17. The lowest BCUT2D eigenvalue weighted by molar-refractivity contribution is 0.600. The van der Waals surface area contributed by atoms with E-state index in [9.17, 15) is 12.8 Å². The summed E-state index contributed by atoms with van der Waals surface area (Å²) in [6.07, 6.45) is 0. The molecule has 0 unspecified atom stereocenters. The van der Waals surface area contributed by atoms with Crippen LogP contribution >= 0.6 is 11.6 Å². The Labute approximate surface area is 127 Å². The molecule has 0 radical (unpaired) electrons. The van der Waals surface area contributed by atoms with Gasteiger partial charge in [-0.2, -0.15) is 0 Å². The van der Waals surface area contributed by atoms with Crippen molar-refractivity contribution in [2.45, 2.75) is 18.7 Å². The smallest absolute Gasteiger partial charge is 0.261 e. The van der Waals surface area contributed by atoms with Gasteiger partial charge in [-0.3, -0.25) is 4.72 Å². The van der Waals surface area contributed by atoms with Crippen LogP contribution in [-0.2, 0) is 10.0 Å². The van der Waals surface area contributed by atoms with Crippen molar-refractivity contribution in [1.82, 2.24) is 0 Å². The molecule has 0 atom stereocenters. The van der Waals surface area contributed by atoms with Gasteiger partial charge in [0, 0.05) is 5.69 Å². The molecule has 2 aromatic rings. The van der Waals surface area contributed by atoms with Crippen LogP contribution in [0.3, 0.4) is 0 Å². The van der Waals surface area contributed by atoms with Crippen LogP contribution in [0.5, 0.6) is 0 Å². The maximum atomic E-state index is 13.2. The molecule has 0 amide bonds. The van der Waals surface area contributed by atoms with Gasteiger partial charge in [0.2, 0.25) is 0 Å². The maximum absolute atomic E-state index is 13.2. The van der Waals surface area contributed by atoms with Crippen molar-refractivity contribution in [2.24, 2.45) is 0 Å². The second kappa shape index (κ2) is 5.54. The lowest BCUT2D eigenvalue weighted by Gasteiger charge is -2.11. The summed E-state index contributed by atoms with van der Waals surface area (Å²) in [5, 5.41) is 0.326. The predicted molar refractivity (Wildman–Crippen MR) is 82.5 cm³/mol. The van der Waals surface area contributed by atoms with Crippen molar-refractivity contribution in [3.05, 3.63) is 52.3 Å². The highest BCUT2D eigenvalue weighted by Crippen LogP contribution is 2.28. The molecule has 0 aromatic heterocycles. The molecule has 2 rings (SSSR count). The Kier molecular flexibility index (Phi) is 4.11. The molecule has 0 aliphatic rings. The van der Waals surface area contributed by atoms with Crippen LogP contribution in [0.4, 0.5) is 15.8 Å². The number of nitrogens with two attached hydrogens (primary N) is 1. The highest BCUT2D eigenvalue weighted by atomic mass is 35.5. The van der Waals surface area contributed by atoms with Crippen LogP contribution in [-0.4, -0.2) is 8.42 Å². The molecule has 0 heterocycles. The van der Waals surface area contributed by atoms with Gasteiger partial charge in [0.1, 0.15) is 5.82 Å². The number of hydrogen-bond acceptors (Lipinski definition) is 3. The standard InChI is InChI=1S/C14H14ClFN2O2S/c1-8-5-10(3-4-12(8)16)18-21(19,20)11-6-9(2)14(15)13(17)7-11/h3-7,18H,17H2,1-2H3. The number of aryl methyl sites for hydroxylation is 2. The molecule has 3 N–H and O–H groups in total. The van der Waals surface area contributed by atoms with Gasteiger partial charge < -0.3 is 5.73 Å². The first-order valence-electron chi connectivity index (χ1n) is 6.05. The van der Waals surface area contributed by atoms with Crippen LogP contribution < -0.4 is 10.5 Å². The zero-order valence-corrected chi connectivity index (χ0v) is 13.0. The van der Waals surface area contributed by atoms with E-state index in [4.69, 9.17) is 17.3 Å². The van der Waals surface area contributed by atoms with E-state index in [2.05, 4.69) is 4.72 Å². The lowest BCUT2D eigenvalue weighted by Crippen LogP contribution is -2.14. The van der Waals surface area contributed by atoms with Crippen molar-refractivity contribution in [1.29, 1.82) is 0 Å². The van der Waals surface area contributed by atoms with Gasteiger partial charge in [-0.25, -0.2) is 12.8 Å². The molecule has 0 aliphatic carbocycles. The second-order valence-corrected chi connectivity index (χ2v) is 6.77. The third-order valence-corrected chi connectivity index (χ3v) is 4.85. The summed E-state index contributed by atoms with van der Waals surface area (Å²) in [4.78, 5) is 0.00359. The number of sulfonamides is 1. The summed E-state index contributed by atoms with van der Waals surface area (Å²) in [5.74, 6) is -0.399. The van der Waals surface area contributed by atoms with Crippen LogP contribution in [0.15, 0.2) is 35.2 Å². The molecule has 2 aromatic carbocycles. The third-order valence-electron chi connectivity index (χ3n) is 2.98. The van der Waals surface area contributed by atoms with Crippen molar-refractivity contribution in [2.75, 3.05) is 10.5 Å². The van der Waals surface area contributed by atoms with Gasteiger partial charge in [-0.1, -0.05) is 11.6 Å². The zero-order valence-electron chi connectivity index (χ0n) is 11.4. The van der Waals surface area contributed by atoms with Crippen LogP contribution in [0.2, 0.25) is 5.02 Å². The highest BCUT2D eigenvalue weighted by molar-refractivity contribution is 7.92. The zero-order chi connectivity index (χ0) is 15.8. The van der Waals surface area contributed by atoms with Crippen LogP contribution in [0.25, 0.3) is 0 Å². The maximum Gasteiger partial charge on any atom is 0.261 e. The fraction of sp³-hybridized carbons (Fsp3) is 0.143. The SMILES string of the molecule is Cc1cc(NS(=O)(=O)c2cc(C)c(Cl)c(N)c2)ccc1F. The number of hydrogen-bond donors (Lipinski definition) is 2. The second-order valence-electron chi connectivity index (χ2n) is 4.71. The Morgan fingerprint density at radius 3 is 2.38 bits per heavy atom. The number of benzene rings is 2. The normalized spacial score (nSPS) is 11.4. The van der Waals surface area contributed by atoms with E-state index in [1.165, 1.54) is 30.3 Å². The number of nitrogen functional groups attached to an aromatic ring is 1. The fourth-order valence-corrected chi connectivity index (χ4v) is 3.12. The average molecular weight is 329 g/mol. The molecule has 7 heteroatoms. The largest absolute Gasteiger partial charge is 0.397 e. The molecule has 112 valence electrons. The van der Waals surface area contributed by atoms with E-state index < -0.39 is 15.8 Å².